The average molecular weight is 647 g/mol. The summed E-state index contributed by atoms with van der Waals surface area (Å²) in [5.74, 6) is -1.16. The molecule has 224 valence electrons. The fourth-order valence-electron chi connectivity index (χ4n) is 5.56. The highest BCUT2D eigenvalue weighted by Gasteiger charge is 2.34. The summed E-state index contributed by atoms with van der Waals surface area (Å²) >= 11 is 3.48. The first kappa shape index (κ1) is 30.5. The first-order valence-electron chi connectivity index (χ1n) is 14.4. The molecule has 2 aliphatic rings. The molecule has 1 saturated heterocycles. The van der Waals surface area contributed by atoms with E-state index < -0.39 is 11.7 Å². The van der Waals surface area contributed by atoms with Crippen LogP contribution in [0, 0.1) is 0 Å². The zero-order chi connectivity index (χ0) is 30.4. The molecule has 3 aromatic carbocycles. The molecule has 0 bridgehead atoms. The number of methoxy groups -OCH3 is 2. The number of nitrogens with zero attached hydrogens (tertiary/aromatic N) is 2. The average Bonchev–Trinajstić information content (AvgIpc) is 3.05. The Kier molecular flexibility index (Phi) is 9.65. The van der Waals surface area contributed by atoms with Crippen molar-refractivity contribution in [2.75, 3.05) is 37.2 Å². The largest absolute Gasteiger partial charge is 0.496 e. The molecule has 0 aromatic heterocycles. The van der Waals surface area contributed by atoms with Gasteiger partial charge in [-0.2, -0.15) is 5.43 Å². The van der Waals surface area contributed by atoms with Gasteiger partial charge in [-0.1, -0.05) is 70.5 Å². The number of nitrogens with one attached hydrogen (secondary N) is 1. The molecule has 43 heavy (non-hydrogen) atoms. The van der Waals surface area contributed by atoms with E-state index in [2.05, 4.69) is 44.5 Å². The molecule has 5 rings (SSSR count). The Labute approximate surface area is 260 Å². The van der Waals surface area contributed by atoms with Crippen LogP contribution in [-0.4, -0.2) is 50.0 Å². The minimum atomic E-state index is -1.11. The monoisotopic (exact) mass is 645 g/mol. The standard InChI is InChI=1S/C34H36BrN3O5/c1-42-31-21-26(28(35)23-27(31)33(40)41)22-32(39)38(30-14-8-7-13-29(30)37-19-9-4-10-20-37)36-34(43-2)17-15-25(16-18-34)24-11-5-3-6-12-24/h3,5-8,11-17,21,23,36H,4,9-10,18-20,22H2,1-2H3,(H,40,41). The fourth-order valence-corrected chi connectivity index (χ4v) is 6.04. The quantitative estimate of drug-likeness (QED) is 0.189. The van der Waals surface area contributed by atoms with Crippen molar-refractivity contribution in [2.24, 2.45) is 0 Å². The Bertz CT molecular complexity index is 1530. The molecule has 1 unspecified atom stereocenters. The van der Waals surface area contributed by atoms with Crippen molar-refractivity contribution in [3.8, 4) is 5.75 Å². The number of carbonyl (C=O) groups excluding carboxylic acids is 1. The van der Waals surface area contributed by atoms with Crippen molar-refractivity contribution in [2.45, 2.75) is 37.8 Å². The fraction of sp³-hybridized carbons (Fsp3) is 0.294. The molecule has 1 heterocycles. The second-order valence-electron chi connectivity index (χ2n) is 10.7. The molecule has 0 spiro atoms. The number of para-hydroxylation sites is 2. The van der Waals surface area contributed by atoms with Crippen LogP contribution >= 0.6 is 15.9 Å². The van der Waals surface area contributed by atoms with Crippen molar-refractivity contribution in [3.05, 3.63) is 106 Å². The topological polar surface area (TPSA) is 91.3 Å². The normalized spacial score (nSPS) is 18.2. The van der Waals surface area contributed by atoms with Gasteiger partial charge in [-0.15, -0.1) is 0 Å². The highest BCUT2D eigenvalue weighted by Crippen LogP contribution is 2.35. The summed E-state index contributed by atoms with van der Waals surface area (Å²) in [5.41, 5.74) is 6.96. The summed E-state index contributed by atoms with van der Waals surface area (Å²) in [4.78, 5) is 28.4. The zero-order valence-corrected chi connectivity index (χ0v) is 26.0. The van der Waals surface area contributed by atoms with Crippen LogP contribution in [0.25, 0.3) is 5.57 Å². The molecular formula is C34H36BrN3O5. The number of amides is 1. The molecule has 1 aliphatic carbocycles. The highest BCUT2D eigenvalue weighted by molar-refractivity contribution is 9.10. The summed E-state index contributed by atoms with van der Waals surface area (Å²) in [6.07, 6.45) is 9.93. The maximum atomic E-state index is 14.3. The van der Waals surface area contributed by atoms with Gasteiger partial charge in [0.05, 0.1) is 24.9 Å². The Balaban J connectivity index is 1.51. The predicted octanol–water partition coefficient (Wildman–Crippen LogP) is 6.61. The predicted molar refractivity (Wildman–Crippen MR) is 172 cm³/mol. The van der Waals surface area contributed by atoms with Gasteiger partial charge in [0.25, 0.3) is 0 Å². The van der Waals surface area contributed by atoms with Gasteiger partial charge < -0.3 is 19.5 Å². The van der Waals surface area contributed by atoms with Gasteiger partial charge in [-0.25, -0.2) is 9.80 Å². The van der Waals surface area contributed by atoms with E-state index in [0.29, 0.717) is 16.5 Å². The molecule has 1 atom stereocenters. The molecule has 3 aromatic rings. The number of hydrazine groups is 1. The Morgan fingerprint density at radius 3 is 2.40 bits per heavy atom. The smallest absolute Gasteiger partial charge is 0.339 e. The van der Waals surface area contributed by atoms with Gasteiger partial charge in [0.1, 0.15) is 11.3 Å². The number of ether oxygens (including phenoxy) is 2. The van der Waals surface area contributed by atoms with Crippen molar-refractivity contribution in [1.29, 1.82) is 0 Å². The van der Waals surface area contributed by atoms with E-state index in [9.17, 15) is 14.7 Å². The summed E-state index contributed by atoms with van der Waals surface area (Å²) in [7, 11) is 3.04. The van der Waals surface area contributed by atoms with Crippen LogP contribution in [0.3, 0.4) is 0 Å². The number of hydrogen-bond donors (Lipinski definition) is 2. The first-order chi connectivity index (χ1) is 20.8. The zero-order valence-electron chi connectivity index (χ0n) is 24.4. The number of aromatic carboxylic acids is 1. The van der Waals surface area contributed by atoms with Gasteiger partial charge in [0, 0.05) is 31.1 Å². The molecule has 1 aliphatic heterocycles. The third-order valence-corrected chi connectivity index (χ3v) is 8.68. The molecule has 8 nitrogen and oxygen atoms in total. The lowest BCUT2D eigenvalue weighted by atomic mass is 9.95. The van der Waals surface area contributed by atoms with Crippen LogP contribution in [-0.2, 0) is 16.0 Å². The van der Waals surface area contributed by atoms with Crippen LogP contribution in [0.1, 0.15) is 47.2 Å². The van der Waals surface area contributed by atoms with Gasteiger partial charge in [0.2, 0.25) is 5.91 Å². The van der Waals surface area contributed by atoms with Crippen LogP contribution in [0.4, 0.5) is 11.4 Å². The summed E-state index contributed by atoms with van der Waals surface area (Å²) < 4.78 is 11.9. The van der Waals surface area contributed by atoms with E-state index in [1.807, 2.05) is 54.6 Å². The van der Waals surface area contributed by atoms with E-state index >= 15 is 0 Å². The lowest BCUT2D eigenvalue weighted by molar-refractivity contribution is -0.120. The van der Waals surface area contributed by atoms with E-state index in [4.69, 9.17) is 9.47 Å². The number of carboxylic acids is 1. The molecule has 1 amide bonds. The van der Waals surface area contributed by atoms with Crippen LogP contribution in [0.2, 0.25) is 0 Å². The highest BCUT2D eigenvalue weighted by atomic mass is 79.9. The number of allylic oxidation sites excluding steroid dienone is 2. The lowest BCUT2D eigenvalue weighted by Crippen LogP contribution is -2.58. The van der Waals surface area contributed by atoms with E-state index in [-0.39, 0.29) is 23.6 Å². The molecule has 0 saturated carbocycles. The summed E-state index contributed by atoms with van der Waals surface area (Å²) in [6.45, 7) is 1.83. The second kappa shape index (κ2) is 13.6. The molecule has 0 radical (unpaired) electrons. The van der Waals surface area contributed by atoms with Crippen molar-refractivity contribution in [3.63, 3.8) is 0 Å². The number of carboxylic acid groups (broad SMARTS) is 1. The van der Waals surface area contributed by atoms with E-state index in [1.54, 1.807) is 18.2 Å². The Morgan fingerprint density at radius 1 is 1.02 bits per heavy atom. The van der Waals surface area contributed by atoms with Crippen LogP contribution < -0.4 is 20.1 Å². The van der Waals surface area contributed by atoms with E-state index in [0.717, 1.165) is 48.4 Å². The maximum Gasteiger partial charge on any atom is 0.339 e. The number of halogens is 1. The number of carbonyl (C=O) groups is 2. The van der Waals surface area contributed by atoms with Gasteiger partial charge in [-0.3, -0.25) is 4.79 Å². The number of hydrogen-bond acceptors (Lipinski definition) is 6. The number of benzene rings is 3. The second-order valence-corrected chi connectivity index (χ2v) is 11.5. The van der Waals surface area contributed by atoms with Gasteiger partial charge >= 0.3 is 5.97 Å². The lowest BCUT2D eigenvalue weighted by Gasteiger charge is -2.39. The minimum Gasteiger partial charge on any atom is -0.496 e. The summed E-state index contributed by atoms with van der Waals surface area (Å²) in [6, 6.07) is 21.1. The summed E-state index contributed by atoms with van der Waals surface area (Å²) in [5, 5.41) is 11.2. The van der Waals surface area contributed by atoms with Crippen molar-refractivity contribution >= 4 is 44.8 Å². The minimum absolute atomic E-state index is 0.0164. The van der Waals surface area contributed by atoms with Crippen LogP contribution in [0.5, 0.6) is 5.75 Å². The molecule has 1 fully saturated rings. The SMILES string of the molecule is COc1cc(CC(=O)N(NC2(OC)C=CC(c3ccccc3)=CC2)c2ccccc2N2CCCCC2)c(Br)cc1C(=O)O. The Hall–Kier alpha value is -3.92. The van der Waals surface area contributed by atoms with Crippen LogP contribution in [0.15, 0.2) is 89.4 Å². The third kappa shape index (κ3) is 6.85. The number of piperidine rings is 1. The van der Waals surface area contributed by atoms with Crippen molar-refractivity contribution < 1.29 is 24.2 Å². The van der Waals surface area contributed by atoms with E-state index in [1.165, 1.54) is 19.6 Å². The van der Waals surface area contributed by atoms with Gasteiger partial charge in [0.15, 0.2) is 5.72 Å². The molecule has 9 heteroatoms. The number of rotatable bonds is 10. The third-order valence-electron chi connectivity index (χ3n) is 7.94. The maximum absolute atomic E-state index is 14.3. The van der Waals surface area contributed by atoms with Gasteiger partial charge in [-0.05, 0) is 66.3 Å². The molecular weight excluding hydrogens is 610 g/mol. The Morgan fingerprint density at radius 2 is 1.74 bits per heavy atom. The first-order valence-corrected chi connectivity index (χ1v) is 15.2. The molecule has 2 N–H and O–H groups in total. The van der Waals surface area contributed by atoms with Crippen molar-refractivity contribution in [1.82, 2.24) is 5.43 Å². The number of anilines is 2.